The third-order valence-electron chi connectivity index (χ3n) is 2.56. The molecule has 0 unspecified atom stereocenters. The molecule has 7 heteroatoms. The first kappa shape index (κ1) is 11.8. The number of ketones is 1. The standard InChI is InChI=1S/C10H12BrN5O/c1-5-9(11)7(16(2)15-5)3-8(17)6-4-13-14-10(6)12/h4H,3H2,1-2H3,(H3,12,13,14). The molecule has 0 aromatic carbocycles. The highest BCUT2D eigenvalue weighted by atomic mass is 79.9. The van der Waals surface area contributed by atoms with Crippen molar-refractivity contribution < 1.29 is 4.79 Å². The first-order chi connectivity index (χ1) is 8.00. The lowest BCUT2D eigenvalue weighted by Crippen LogP contribution is -2.09. The topological polar surface area (TPSA) is 89.6 Å². The zero-order chi connectivity index (χ0) is 12.6. The summed E-state index contributed by atoms with van der Waals surface area (Å²) in [6.07, 6.45) is 1.68. The summed E-state index contributed by atoms with van der Waals surface area (Å²) in [6, 6.07) is 0. The molecule has 2 aromatic heterocycles. The molecule has 0 amide bonds. The number of rotatable bonds is 3. The van der Waals surface area contributed by atoms with Gasteiger partial charge in [0.2, 0.25) is 0 Å². The summed E-state index contributed by atoms with van der Waals surface area (Å²) in [5.74, 6) is 0.213. The van der Waals surface area contributed by atoms with E-state index in [0.29, 0.717) is 11.4 Å². The van der Waals surface area contributed by atoms with Gasteiger partial charge in [-0.25, -0.2) is 0 Å². The van der Waals surface area contributed by atoms with E-state index in [1.165, 1.54) is 6.20 Å². The lowest BCUT2D eigenvalue weighted by Gasteiger charge is -2.01. The van der Waals surface area contributed by atoms with Gasteiger partial charge in [-0.1, -0.05) is 0 Å². The van der Waals surface area contributed by atoms with E-state index >= 15 is 0 Å². The highest BCUT2D eigenvalue weighted by Gasteiger charge is 2.18. The minimum absolute atomic E-state index is 0.0834. The summed E-state index contributed by atoms with van der Waals surface area (Å²) >= 11 is 3.42. The number of nitrogens with two attached hydrogens (primary N) is 1. The van der Waals surface area contributed by atoms with E-state index in [9.17, 15) is 4.79 Å². The zero-order valence-corrected chi connectivity index (χ0v) is 11.1. The Labute approximate surface area is 106 Å². The molecule has 0 saturated carbocycles. The van der Waals surface area contributed by atoms with Gasteiger partial charge in [0.05, 0.1) is 34.0 Å². The quantitative estimate of drug-likeness (QED) is 0.834. The SMILES string of the molecule is Cc1nn(C)c(CC(=O)c2cn[nH]c2N)c1Br. The Morgan fingerprint density at radius 2 is 2.35 bits per heavy atom. The number of halogens is 1. The van der Waals surface area contributed by atoms with Crippen LogP contribution in [0.15, 0.2) is 10.7 Å². The maximum Gasteiger partial charge on any atom is 0.174 e. The number of H-pyrrole nitrogens is 1. The van der Waals surface area contributed by atoms with Crippen molar-refractivity contribution in [3.8, 4) is 0 Å². The monoisotopic (exact) mass is 297 g/mol. The number of nitrogen functional groups attached to an aromatic ring is 1. The van der Waals surface area contributed by atoms with Crippen molar-refractivity contribution in [1.82, 2.24) is 20.0 Å². The maximum atomic E-state index is 12.0. The molecule has 90 valence electrons. The van der Waals surface area contributed by atoms with Crippen molar-refractivity contribution in [1.29, 1.82) is 0 Å². The number of nitrogens with one attached hydrogen (secondary N) is 1. The average molecular weight is 298 g/mol. The molecule has 2 heterocycles. The molecule has 0 saturated heterocycles. The van der Waals surface area contributed by atoms with Crippen LogP contribution in [0.5, 0.6) is 0 Å². The predicted molar refractivity (Wildman–Crippen MR) is 66.7 cm³/mol. The fraction of sp³-hybridized carbons (Fsp3) is 0.300. The summed E-state index contributed by atoms with van der Waals surface area (Å²) in [7, 11) is 1.80. The molecule has 0 bridgehead atoms. The third kappa shape index (κ3) is 2.10. The van der Waals surface area contributed by atoms with Crippen molar-refractivity contribution >= 4 is 27.5 Å². The van der Waals surface area contributed by atoms with Gasteiger partial charge in [-0.15, -0.1) is 0 Å². The Morgan fingerprint density at radius 3 is 2.82 bits per heavy atom. The molecule has 0 aliphatic carbocycles. The lowest BCUT2D eigenvalue weighted by molar-refractivity contribution is 0.0991. The summed E-state index contributed by atoms with van der Waals surface area (Å²) in [5, 5.41) is 10.5. The van der Waals surface area contributed by atoms with Crippen molar-refractivity contribution in [2.75, 3.05) is 5.73 Å². The van der Waals surface area contributed by atoms with Crippen LogP contribution in [0.25, 0.3) is 0 Å². The Morgan fingerprint density at radius 1 is 1.65 bits per heavy atom. The third-order valence-corrected chi connectivity index (χ3v) is 3.59. The van der Waals surface area contributed by atoms with Crippen LogP contribution in [0.2, 0.25) is 0 Å². The lowest BCUT2D eigenvalue weighted by atomic mass is 10.1. The van der Waals surface area contributed by atoms with Crippen LogP contribution in [-0.4, -0.2) is 25.8 Å². The van der Waals surface area contributed by atoms with E-state index in [1.54, 1.807) is 11.7 Å². The van der Waals surface area contributed by atoms with Crippen LogP contribution in [-0.2, 0) is 13.5 Å². The van der Waals surface area contributed by atoms with E-state index < -0.39 is 0 Å². The van der Waals surface area contributed by atoms with Crippen LogP contribution in [0.1, 0.15) is 21.7 Å². The number of carbonyl (C=O) groups excluding carboxylic acids is 1. The van der Waals surface area contributed by atoms with Gasteiger partial charge in [-0.2, -0.15) is 10.2 Å². The van der Waals surface area contributed by atoms with Crippen molar-refractivity contribution in [3.63, 3.8) is 0 Å². The normalized spacial score (nSPS) is 10.8. The van der Waals surface area contributed by atoms with Gasteiger partial charge in [0.25, 0.3) is 0 Å². The van der Waals surface area contributed by atoms with E-state index in [4.69, 9.17) is 5.73 Å². The summed E-state index contributed by atoms with van der Waals surface area (Å²) in [5.41, 5.74) is 7.70. The van der Waals surface area contributed by atoms with E-state index in [0.717, 1.165) is 15.9 Å². The molecular weight excluding hydrogens is 286 g/mol. The van der Waals surface area contributed by atoms with Gasteiger partial charge < -0.3 is 5.73 Å². The van der Waals surface area contributed by atoms with Gasteiger partial charge in [0, 0.05) is 7.05 Å². The van der Waals surface area contributed by atoms with Crippen LogP contribution in [0.4, 0.5) is 5.82 Å². The Bertz CT molecular complexity index is 571. The fourth-order valence-electron chi connectivity index (χ4n) is 1.64. The minimum Gasteiger partial charge on any atom is -0.383 e. The van der Waals surface area contributed by atoms with Crippen LogP contribution < -0.4 is 5.73 Å². The fourth-order valence-corrected chi connectivity index (χ4v) is 2.11. The molecule has 17 heavy (non-hydrogen) atoms. The summed E-state index contributed by atoms with van der Waals surface area (Å²) in [4.78, 5) is 12.0. The van der Waals surface area contributed by atoms with E-state index in [-0.39, 0.29) is 12.2 Å². The smallest absolute Gasteiger partial charge is 0.174 e. The number of carbonyl (C=O) groups is 1. The molecule has 0 fully saturated rings. The second-order valence-corrected chi connectivity index (χ2v) is 4.56. The number of aromatic amines is 1. The first-order valence-electron chi connectivity index (χ1n) is 5.00. The number of anilines is 1. The molecule has 0 aliphatic heterocycles. The van der Waals surface area contributed by atoms with Gasteiger partial charge in [0.15, 0.2) is 5.78 Å². The van der Waals surface area contributed by atoms with E-state index in [2.05, 4.69) is 31.2 Å². The number of aromatic nitrogens is 4. The molecule has 0 radical (unpaired) electrons. The summed E-state index contributed by atoms with van der Waals surface area (Å²) < 4.78 is 2.54. The molecule has 3 N–H and O–H groups in total. The zero-order valence-electron chi connectivity index (χ0n) is 9.49. The number of hydrogen-bond donors (Lipinski definition) is 2. The van der Waals surface area contributed by atoms with Crippen molar-refractivity contribution in [2.45, 2.75) is 13.3 Å². The maximum absolute atomic E-state index is 12.0. The highest BCUT2D eigenvalue weighted by Crippen LogP contribution is 2.22. The Balaban J connectivity index is 2.28. The van der Waals surface area contributed by atoms with E-state index in [1.807, 2.05) is 6.92 Å². The second kappa shape index (κ2) is 4.33. The Kier molecular flexibility index (Phi) is 3.01. The van der Waals surface area contributed by atoms with Crippen LogP contribution in [0, 0.1) is 6.92 Å². The van der Waals surface area contributed by atoms with Crippen molar-refractivity contribution in [3.05, 3.63) is 27.6 Å². The van der Waals surface area contributed by atoms with Gasteiger partial charge in [-0.05, 0) is 22.9 Å². The largest absolute Gasteiger partial charge is 0.383 e. The number of aryl methyl sites for hydroxylation is 2. The Hall–Kier alpha value is -1.63. The minimum atomic E-state index is -0.0834. The predicted octanol–water partition coefficient (Wildman–Crippen LogP) is 1.22. The van der Waals surface area contributed by atoms with Crippen molar-refractivity contribution in [2.24, 2.45) is 7.05 Å². The average Bonchev–Trinajstić information content (AvgIpc) is 2.78. The van der Waals surface area contributed by atoms with Gasteiger partial charge in [-0.3, -0.25) is 14.6 Å². The highest BCUT2D eigenvalue weighted by molar-refractivity contribution is 9.10. The molecule has 6 nitrogen and oxygen atoms in total. The molecular formula is C10H12BrN5O. The number of nitrogens with zero attached hydrogens (tertiary/aromatic N) is 3. The second-order valence-electron chi connectivity index (χ2n) is 3.77. The number of Topliss-reactive ketones (excluding diaryl/α,β-unsaturated/α-hetero) is 1. The number of hydrogen-bond acceptors (Lipinski definition) is 4. The van der Waals surface area contributed by atoms with Gasteiger partial charge >= 0.3 is 0 Å². The molecule has 2 aromatic rings. The molecule has 0 aliphatic rings. The molecule has 0 spiro atoms. The summed E-state index contributed by atoms with van der Waals surface area (Å²) in [6.45, 7) is 1.88. The molecule has 0 atom stereocenters. The van der Waals surface area contributed by atoms with Crippen LogP contribution >= 0.6 is 15.9 Å². The van der Waals surface area contributed by atoms with Gasteiger partial charge in [0.1, 0.15) is 5.82 Å². The van der Waals surface area contributed by atoms with Crippen LogP contribution in [0.3, 0.4) is 0 Å². The molecule has 2 rings (SSSR count). The first-order valence-corrected chi connectivity index (χ1v) is 5.80.